The Hall–Kier alpha value is -3.17. The molecule has 3 aliphatic rings. The second-order valence-electron chi connectivity index (χ2n) is 9.73. The van der Waals surface area contributed by atoms with Crippen molar-refractivity contribution in [2.75, 3.05) is 43.1 Å². The zero-order chi connectivity index (χ0) is 24.2. The smallest absolute Gasteiger partial charge is 0.262 e. The van der Waals surface area contributed by atoms with Crippen LogP contribution in [0.15, 0.2) is 41.5 Å². The van der Waals surface area contributed by atoms with Gasteiger partial charge < -0.3 is 19.6 Å². The summed E-state index contributed by atoms with van der Waals surface area (Å²) in [6.07, 6.45) is -0.394. The molecule has 180 valence electrons. The van der Waals surface area contributed by atoms with Crippen molar-refractivity contribution < 1.29 is 19.0 Å². The molecular weight excluding hydrogens is 437 g/mol. The van der Waals surface area contributed by atoms with E-state index in [0.29, 0.717) is 23.7 Å². The number of halogens is 1. The molecule has 0 aromatic heterocycles. The summed E-state index contributed by atoms with van der Waals surface area (Å²) in [4.78, 5) is 18.6. The largest absolute Gasteiger partial charge is 0.483 e. The monoisotopic (exact) mass is 467 g/mol. The van der Waals surface area contributed by atoms with Gasteiger partial charge in [-0.3, -0.25) is 9.69 Å². The first-order valence-corrected chi connectivity index (χ1v) is 11.5. The van der Waals surface area contributed by atoms with E-state index >= 15 is 0 Å². The molecule has 2 aromatic rings. The van der Waals surface area contributed by atoms with Gasteiger partial charge in [0.1, 0.15) is 24.2 Å². The molecule has 0 aliphatic carbocycles. The molecule has 0 spiro atoms. The summed E-state index contributed by atoms with van der Waals surface area (Å²) in [6.45, 7) is 8.15. The van der Waals surface area contributed by atoms with Crippen LogP contribution in [-0.2, 0) is 4.79 Å². The van der Waals surface area contributed by atoms with E-state index in [1.54, 1.807) is 19.1 Å². The number of likely N-dealkylation sites (N-methyl/N-ethyl adjacent to an activating group) is 1. The zero-order valence-electron chi connectivity index (χ0n) is 19.9. The Morgan fingerprint density at radius 1 is 1.32 bits per heavy atom. The average Bonchev–Trinajstić information content (AvgIpc) is 2.78. The summed E-state index contributed by atoms with van der Waals surface area (Å²) >= 11 is 0. The maximum atomic E-state index is 15.0. The van der Waals surface area contributed by atoms with Crippen LogP contribution in [0.4, 0.5) is 15.8 Å². The van der Waals surface area contributed by atoms with Crippen molar-refractivity contribution in [3.05, 3.63) is 42.2 Å². The first-order chi connectivity index (χ1) is 16.2. The summed E-state index contributed by atoms with van der Waals surface area (Å²) < 4.78 is 21.0. The highest BCUT2D eigenvalue weighted by atomic mass is 19.1. The number of ether oxygens (including phenoxy) is 1. The van der Waals surface area contributed by atoms with Gasteiger partial charge >= 0.3 is 0 Å². The van der Waals surface area contributed by atoms with E-state index in [1.165, 1.54) is 6.07 Å². The van der Waals surface area contributed by atoms with Gasteiger partial charge in [-0.05, 0) is 39.0 Å². The van der Waals surface area contributed by atoms with Crippen molar-refractivity contribution >= 4 is 23.1 Å². The van der Waals surface area contributed by atoms with Crippen LogP contribution in [0, 0.1) is 5.82 Å². The molecule has 2 N–H and O–H groups in total. The fraction of sp³-hybridized carbons (Fsp3) is 0.440. The lowest BCUT2D eigenvalue weighted by Gasteiger charge is -2.54. The standard InChI is InChI=1S/C25H30FN5O3/c1-15(32)11-30-13-25(3,14-30)29(4)20-10-21-22(9-18(20)17-7-5-6-8-19(17)26)34-12-23-27-28-24(33)16(2)31(21)23/h5-10,15-16,32H,11-14H2,1-4H3,(H,28,33). The van der Waals surface area contributed by atoms with Crippen LogP contribution in [-0.4, -0.2) is 72.7 Å². The lowest BCUT2D eigenvalue weighted by molar-refractivity contribution is -0.122. The second-order valence-corrected chi connectivity index (χ2v) is 9.73. The normalized spacial score (nSPS) is 21.9. The second kappa shape index (κ2) is 8.25. The SMILES string of the molecule is CC(O)CN1CC(C)(N(C)c2cc3c(cc2-c2ccccc2F)OCC2=NNC(=O)C(C)N23)C1. The molecule has 1 amide bonds. The minimum atomic E-state index is -0.451. The number of fused-ring (bicyclic) bond motifs is 3. The molecule has 3 heterocycles. The Labute approximate surface area is 198 Å². The van der Waals surface area contributed by atoms with E-state index in [1.807, 2.05) is 37.1 Å². The van der Waals surface area contributed by atoms with Gasteiger partial charge in [0, 0.05) is 43.5 Å². The van der Waals surface area contributed by atoms with Crippen molar-refractivity contribution in [2.45, 2.75) is 38.5 Å². The average molecular weight is 468 g/mol. The van der Waals surface area contributed by atoms with Crippen LogP contribution in [0.5, 0.6) is 5.75 Å². The van der Waals surface area contributed by atoms with Crippen LogP contribution >= 0.6 is 0 Å². The maximum Gasteiger partial charge on any atom is 0.262 e. The minimum Gasteiger partial charge on any atom is -0.483 e. The molecule has 1 saturated heterocycles. The molecule has 8 nitrogen and oxygen atoms in total. The number of amides is 1. The number of nitrogens with zero attached hydrogens (tertiary/aromatic N) is 4. The predicted molar refractivity (Wildman–Crippen MR) is 130 cm³/mol. The molecule has 5 rings (SSSR count). The lowest BCUT2D eigenvalue weighted by atomic mass is 9.88. The third-order valence-electron chi connectivity index (χ3n) is 7.02. The van der Waals surface area contributed by atoms with E-state index in [9.17, 15) is 14.3 Å². The fourth-order valence-corrected chi connectivity index (χ4v) is 5.16. The number of aliphatic hydroxyl groups excluding tert-OH is 1. The Bertz CT molecular complexity index is 1160. The Morgan fingerprint density at radius 3 is 2.76 bits per heavy atom. The first-order valence-electron chi connectivity index (χ1n) is 11.5. The molecule has 1 fully saturated rings. The quantitative estimate of drug-likeness (QED) is 0.703. The highest BCUT2D eigenvalue weighted by Crippen LogP contribution is 2.46. The number of nitrogens with one attached hydrogen (secondary N) is 1. The summed E-state index contributed by atoms with van der Waals surface area (Å²) in [7, 11) is 2.01. The molecule has 3 aliphatic heterocycles. The first kappa shape index (κ1) is 22.6. The fourth-order valence-electron chi connectivity index (χ4n) is 5.16. The number of aliphatic hydroxyl groups is 1. The van der Waals surface area contributed by atoms with Crippen LogP contribution in [0.25, 0.3) is 11.1 Å². The molecule has 0 bridgehead atoms. The number of rotatable bonds is 5. The number of hydrogen-bond donors (Lipinski definition) is 2. The number of likely N-dealkylation sites (tertiary alicyclic amines) is 1. The number of benzene rings is 2. The Balaban J connectivity index is 1.61. The Morgan fingerprint density at radius 2 is 2.06 bits per heavy atom. The number of hydrazone groups is 1. The van der Waals surface area contributed by atoms with Crippen LogP contribution in [0.3, 0.4) is 0 Å². The van der Waals surface area contributed by atoms with Gasteiger partial charge in [-0.15, -0.1) is 0 Å². The van der Waals surface area contributed by atoms with Gasteiger partial charge in [0.05, 0.1) is 17.3 Å². The summed E-state index contributed by atoms with van der Waals surface area (Å²) in [5.41, 5.74) is 5.13. The molecule has 0 radical (unpaired) electrons. The van der Waals surface area contributed by atoms with Crippen molar-refractivity contribution in [3.63, 3.8) is 0 Å². The topological polar surface area (TPSA) is 80.6 Å². The predicted octanol–water partition coefficient (Wildman–Crippen LogP) is 2.41. The number of carbonyl (C=O) groups excluding carboxylic acids is 1. The molecule has 2 unspecified atom stereocenters. The van der Waals surface area contributed by atoms with Crippen molar-refractivity contribution in [1.29, 1.82) is 0 Å². The van der Waals surface area contributed by atoms with Gasteiger partial charge in [0.15, 0.2) is 5.84 Å². The van der Waals surface area contributed by atoms with E-state index in [0.717, 1.165) is 30.0 Å². The molecule has 2 aromatic carbocycles. The number of amidine groups is 1. The van der Waals surface area contributed by atoms with E-state index < -0.39 is 12.1 Å². The van der Waals surface area contributed by atoms with Crippen LogP contribution < -0.4 is 20.0 Å². The molecule has 34 heavy (non-hydrogen) atoms. The number of anilines is 2. The Kier molecular flexibility index (Phi) is 5.49. The summed E-state index contributed by atoms with van der Waals surface area (Å²) in [5, 5.41) is 13.9. The van der Waals surface area contributed by atoms with E-state index in [-0.39, 0.29) is 23.9 Å². The maximum absolute atomic E-state index is 15.0. The molecule has 2 atom stereocenters. The molecule has 9 heteroatoms. The minimum absolute atomic E-state index is 0.190. The van der Waals surface area contributed by atoms with Gasteiger partial charge in [-0.1, -0.05) is 18.2 Å². The van der Waals surface area contributed by atoms with E-state index in [2.05, 4.69) is 27.3 Å². The van der Waals surface area contributed by atoms with Gasteiger partial charge in [-0.2, -0.15) is 5.10 Å². The highest BCUT2D eigenvalue weighted by molar-refractivity contribution is 6.10. The number of hydrogen-bond acceptors (Lipinski definition) is 7. The summed E-state index contributed by atoms with van der Waals surface area (Å²) in [5.74, 6) is 0.718. The van der Waals surface area contributed by atoms with Gasteiger partial charge in [-0.25, -0.2) is 9.82 Å². The lowest BCUT2D eigenvalue weighted by Crippen LogP contribution is -2.68. The van der Waals surface area contributed by atoms with Crippen molar-refractivity contribution in [2.24, 2.45) is 5.10 Å². The van der Waals surface area contributed by atoms with Crippen LogP contribution in [0.1, 0.15) is 20.8 Å². The number of carbonyl (C=O) groups is 1. The summed E-state index contributed by atoms with van der Waals surface area (Å²) in [6, 6.07) is 10.1. The van der Waals surface area contributed by atoms with Crippen molar-refractivity contribution in [3.8, 4) is 16.9 Å². The van der Waals surface area contributed by atoms with Crippen molar-refractivity contribution in [1.82, 2.24) is 10.3 Å². The zero-order valence-corrected chi connectivity index (χ0v) is 19.9. The van der Waals surface area contributed by atoms with Gasteiger partial charge in [0.25, 0.3) is 5.91 Å². The third-order valence-corrected chi connectivity index (χ3v) is 7.02. The van der Waals surface area contributed by atoms with Crippen LogP contribution in [0.2, 0.25) is 0 Å². The molecule has 0 saturated carbocycles. The third kappa shape index (κ3) is 3.69. The van der Waals surface area contributed by atoms with E-state index in [4.69, 9.17) is 4.74 Å². The molecular formula is C25H30FN5O3. The van der Waals surface area contributed by atoms with Gasteiger partial charge in [0.2, 0.25) is 0 Å². The number of β-amino-alcohol motifs (C(OH)–C–C–N with tert-alkyl or cyclic N) is 1. The highest BCUT2D eigenvalue weighted by Gasteiger charge is 2.44.